The molecular formula is C22H18FN3O2. The van der Waals surface area contributed by atoms with E-state index in [9.17, 15) is 9.18 Å². The van der Waals surface area contributed by atoms with Crippen LogP contribution in [-0.4, -0.2) is 10.9 Å². The van der Waals surface area contributed by atoms with Gasteiger partial charge in [0, 0.05) is 18.3 Å². The first kappa shape index (κ1) is 17.7. The number of nitrogens with zero attached hydrogens (tertiary/aromatic N) is 1. The summed E-state index contributed by atoms with van der Waals surface area (Å²) in [6.07, 6.45) is 1.54. The molecule has 0 aliphatic carbocycles. The van der Waals surface area contributed by atoms with E-state index in [4.69, 9.17) is 4.42 Å². The number of pyridine rings is 1. The first-order chi connectivity index (χ1) is 13.6. The SMILES string of the molecule is Cc1ccccc1CNC(=O)c1cc2occc2c(Nc2ccc(F)cc2)n1. The lowest BCUT2D eigenvalue weighted by Crippen LogP contribution is -2.24. The monoisotopic (exact) mass is 375 g/mol. The van der Waals surface area contributed by atoms with E-state index in [0.717, 1.165) is 16.5 Å². The molecule has 0 atom stereocenters. The van der Waals surface area contributed by atoms with E-state index in [2.05, 4.69) is 15.6 Å². The molecule has 0 radical (unpaired) electrons. The van der Waals surface area contributed by atoms with Crippen molar-refractivity contribution in [2.24, 2.45) is 0 Å². The number of amides is 1. The van der Waals surface area contributed by atoms with E-state index >= 15 is 0 Å². The predicted molar refractivity (Wildman–Crippen MR) is 106 cm³/mol. The molecule has 2 N–H and O–H groups in total. The van der Waals surface area contributed by atoms with Crippen LogP contribution in [-0.2, 0) is 6.54 Å². The molecule has 6 heteroatoms. The zero-order valence-electron chi connectivity index (χ0n) is 15.2. The van der Waals surface area contributed by atoms with Gasteiger partial charge in [-0.3, -0.25) is 4.79 Å². The molecule has 0 bridgehead atoms. The average molecular weight is 375 g/mol. The molecule has 0 spiro atoms. The second-order valence-electron chi connectivity index (χ2n) is 6.43. The number of benzene rings is 2. The lowest BCUT2D eigenvalue weighted by molar-refractivity contribution is 0.0946. The van der Waals surface area contributed by atoms with E-state index in [1.54, 1.807) is 24.3 Å². The van der Waals surface area contributed by atoms with E-state index in [-0.39, 0.29) is 17.4 Å². The molecule has 0 saturated heterocycles. The third-order valence-electron chi connectivity index (χ3n) is 4.49. The van der Waals surface area contributed by atoms with Crippen molar-refractivity contribution >= 4 is 28.4 Å². The summed E-state index contributed by atoms with van der Waals surface area (Å²) in [6, 6.07) is 17.2. The maximum absolute atomic E-state index is 13.1. The number of carbonyl (C=O) groups excluding carboxylic acids is 1. The zero-order valence-corrected chi connectivity index (χ0v) is 15.2. The second kappa shape index (κ2) is 7.52. The fourth-order valence-corrected chi connectivity index (χ4v) is 2.92. The fourth-order valence-electron chi connectivity index (χ4n) is 2.92. The Balaban J connectivity index is 1.59. The smallest absolute Gasteiger partial charge is 0.270 e. The van der Waals surface area contributed by atoms with E-state index in [0.29, 0.717) is 23.6 Å². The van der Waals surface area contributed by atoms with Crippen molar-refractivity contribution in [1.82, 2.24) is 10.3 Å². The number of hydrogen-bond acceptors (Lipinski definition) is 4. The predicted octanol–water partition coefficient (Wildman–Crippen LogP) is 4.95. The van der Waals surface area contributed by atoms with Gasteiger partial charge in [0.25, 0.3) is 5.91 Å². The normalized spacial score (nSPS) is 10.8. The van der Waals surface area contributed by atoms with Gasteiger partial charge in [-0.25, -0.2) is 9.37 Å². The van der Waals surface area contributed by atoms with Crippen LogP contribution in [0.15, 0.2) is 71.3 Å². The maximum Gasteiger partial charge on any atom is 0.270 e. The molecule has 2 aromatic carbocycles. The lowest BCUT2D eigenvalue weighted by Gasteiger charge is -2.10. The van der Waals surface area contributed by atoms with Crippen LogP contribution < -0.4 is 10.6 Å². The van der Waals surface area contributed by atoms with Crippen molar-refractivity contribution in [2.45, 2.75) is 13.5 Å². The number of carbonyl (C=O) groups is 1. The summed E-state index contributed by atoms with van der Waals surface area (Å²) in [5, 5.41) is 6.75. The summed E-state index contributed by atoms with van der Waals surface area (Å²) >= 11 is 0. The highest BCUT2D eigenvalue weighted by atomic mass is 19.1. The molecular weight excluding hydrogens is 357 g/mol. The highest BCUT2D eigenvalue weighted by Crippen LogP contribution is 2.26. The molecule has 5 nitrogen and oxygen atoms in total. The molecule has 2 aromatic heterocycles. The number of furan rings is 1. The highest BCUT2D eigenvalue weighted by molar-refractivity contribution is 5.99. The molecule has 0 fully saturated rings. The Morgan fingerprint density at radius 3 is 2.68 bits per heavy atom. The summed E-state index contributed by atoms with van der Waals surface area (Å²) in [7, 11) is 0. The van der Waals surface area contributed by atoms with E-state index < -0.39 is 0 Å². The van der Waals surface area contributed by atoms with Gasteiger partial charge in [-0.15, -0.1) is 0 Å². The Bertz CT molecular complexity index is 1140. The van der Waals surface area contributed by atoms with Crippen LogP contribution in [0.25, 0.3) is 11.0 Å². The number of aryl methyl sites for hydroxylation is 1. The van der Waals surface area contributed by atoms with Gasteiger partial charge in [0.2, 0.25) is 0 Å². The van der Waals surface area contributed by atoms with Gasteiger partial charge in [0.15, 0.2) is 0 Å². The molecule has 0 unspecified atom stereocenters. The lowest BCUT2D eigenvalue weighted by atomic mass is 10.1. The van der Waals surface area contributed by atoms with Crippen LogP contribution in [0.5, 0.6) is 0 Å². The van der Waals surface area contributed by atoms with Crippen LogP contribution in [0.1, 0.15) is 21.6 Å². The summed E-state index contributed by atoms with van der Waals surface area (Å²) < 4.78 is 18.6. The number of anilines is 2. The molecule has 4 rings (SSSR count). The van der Waals surface area contributed by atoms with E-state index in [1.165, 1.54) is 18.4 Å². The first-order valence-corrected chi connectivity index (χ1v) is 8.84. The summed E-state index contributed by atoms with van der Waals surface area (Å²) in [4.78, 5) is 17.1. The van der Waals surface area contributed by atoms with Gasteiger partial charge >= 0.3 is 0 Å². The number of fused-ring (bicyclic) bond motifs is 1. The highest BCUT2D eigenvalue weighted by Gasteiger charge is 2.14. The Hall–Kier alpha value is -3.67. The Kier molecular flexibility index (Phi) is 4.76. The molecule has 0 aliphatic rings. The van der Waals surface area contributed by atoms with Gasteiger partial charge in [0.1, 0.15) is 22.9 Å². The molecule has 140 valence electrons. The van der Waals surface area contributed by atoms with Crippen molar-refractivity contribution in [1.29, 1.82) is 0 Å². The largest absolute Gasteiger partial charge is 0.464 e. The molecule has 1 amide bonds. The quantitative estimate of drug-likeness (QED) is 0.518. The number of halogens is 1. The molecule has 28 heavy (non-hydrogen) atoms. The van der Waals surface area contributed by atoms with Gasteiger partial charge in [-0.2, -0.15) is 0 Å². The third-order valence-corrected chi connectivity index (χ3v) is 4.49. The minimum Gasteiger partial charge on any atom is -0.464 e. The minimum atomic E-state index is -0.323. The summed E-state index contributed by atoms with van der Waals surface area (Å²) in [5.74, 6) is -0.154. The fraction of sp³-hybridized carbons (Fsp3) is 0.0909. The standard InChI is InChI=1S/C22H18FN3O2/c1-14-4-2-3-5-15(14)13-24-22(27)19-12-20-18(10-11-28-20)21(26-19)25-17-8-6-16(23)7-9-17/h2-12H,13H2,1H3,(H,24,27)(H,25,26). The Labute approximate surface area is 161 Å². The molecule has 0 saturated carbocycles. The van der Waals surface area contributed by atoms with Crippen molar-refractivity contribution in [3.8, 4) is 0 Å². The van der Waals surface area contributed by atoms with Crippen molar-refractivity contribution in [3.63, 3.8) is 0 Å². The number of rotatable bonds is 5. The summed E-state index contributed by atoms with van der Waals surface area (Å²) in [5.41, 5.74) is 3.59. The van der Waals surface area contributed by atoms with Crippen molar-refractivity contribution in [3.05, 3.63) is 89.6 Å². The van der Waals surface area contributed by atoms with Gasteiger partial charge in [0.05, 0.1) is 11.6 Å². The van der Waals surface area contributed by atoms with Crippen molar-refractivity contribution < 1.29 is 13.6 Å². The Morgan fingerprint density at radius 1 is 1.11 bits per heavy atom. The van der Waals surface area contributed by atoms with Crippen molar-refractivity contribution in [2.75, 3.05) is 5.32 Å². The van der Waals surface area contributed by atoms with Gasteiger partial charge in [-0.1, -0.05) is 24.3 Å². The van der Waals surface area contributed by atoms with Gasteiger partial charge < -0.3 is 15.1 Å². The number of aromatic nitrogens is 1. The van der Waals surface area contributed by atoms with Crippen LogP contribution in [0.3, 0.4) is 0 Å². The first-order valence-electron chi connectivity index (χ1n) is 8.84. The number of nitrogens with one attached hydrogen (secondary N) is 2. The van der Waals surface area contributed by atoms with Gasteiger partial charge in [-0.05, 0) is 48.4 Å². The second-order valence-corrected chi connectivity index (χ2v) is 6.43. The molecule has 0 aliphatic heterocycles. The van der Waals surface area contributed by atoms with Crippen LogP contribution in [0.2, 0.25) is 0 Å². The zero-order chi connectivity index (χ0) is 19.5. The minimum absolute atomic E-state index is 0.237. The molecule has 4 aromatic rings. The third kappa shape index (κ3) is 3.71. The van der Waals surface area contributed by atoms with Crippen LogP contribution in [0, 0.1) is 12.7 Å². The topological polar surface area (TPSA) is 67.2 Å². The van der Waals surface area contributed by atoms with Crippen LogP contribution in [0.4, 0.5) is 15.9 Å². The van der Waals surface area contributed by atoms with E-state index in [1.807, 2.05) is 31.2 Å². The number of hydrogen-bond donors (Lipinski definition) is 2. The van der Waals surface area contributed by atoms with Crippen LogP contribution >= 0.6 is 0 Å². The average Bonchev–Trinajstić information content (AvgIpc) is 3.18. The Morgan fingerprint density at radius 2 is 1.89 bits per heavy atom. The maximum atomic E-state index is 13.1. The molecule has 2 heterocycles. The summed E-state index contributed by atoms with van der Waals surface area (Å²) in [6.45, 7) is 2.41.